The number of hydrogen-bond acceptors (Lipinski definition) is 5. The number of furan rings is 1. The lowest BCUT2D eigenvalue weighted by Crippen LogP contribution is -2.24. The summed E-state index contributed by atoms with van der Waals surface area (Å²) in [6, 6.07) is 43.9. The van der Waals surface area contributed by atoms with Crippen molar-refractivity contribution >= 4 is 55.7 Å². The molecule has 6 heteroatoms. The summed E-state index contributed by atoms with van der Waals surface area (Å²) in [5.41, 5.74) is 12.2. The van der Waals surface area contributed by atoms with Crippen molar-refractivity contribution in [2.75, 3.05) is 16.5 Å². The maximum Gasteiger partial charge on any atom is 0.162 e. The average molecular weight is 655 g/mol. The van der Waals surface area contributed by atoms with Crippen molar-refractivity contribution in [2.24, 2.45) is 0 Å². The van der Waals surface area contributed by atoms with E-state index in [1.54, 1.807) is 6.07 Å². The van der Waals surface area contributed by atoms with Crippen molar-refractivity contribution in [3.8, 4) is 22.8 Å². The van der Waals surface area contributed by atoms with E-state index < -0.39 is 0 Å². The van der Waals surface area contributed by atoms with Gasteiger partial charge >= 0.3 is 0 Å². The van der Waals surface area contributed by atoms with Gasteiger partial charge in [0.25, 0.3) is 0 Å². The molecule has 3 heterocycles. The molecule has 8 aromatic rings. The third kappa shape index (κ3) is 4.59. The minimum Gasteiger partial charge on any atom is -0.506 e. The van der Waals surface area contributed by atoms with Gasteiger partial charge in [-0.3, -0.25) is 4.57 Å². The fraction of sp³-hybridized carbons (Fsp3) is 0.159. The van der Waals surface area contributed by atoms with Crippen molar-refractivity contribution in [1.29, 1.82) is 0 Å². The number of imidazole rings is 1. The SMILES string of the molecule is CC(C)c1cccc(C(C)C)c1-n1c(-c2cccc(N3CN(c4c(O)ccc5c4oc4ccccc45)c4ccccc43)c2)nc2ccccc21. The van der Waals surface area contributed by atoms with E-state index in [1.807, 2.05) is 30.3 Å². The lowest BCUT2D eigenvalue weighted by atomic mass is 9.92. The van der Waals surface area contributed by atoms with Gasteiger partial charge in [0.1, 0.15) is 29.5 Å². The van der Waals surface area contributed by atoms with Crippen molar-refractivity contribution in [3.63, 3.8) is 0 Å². The molecular formula is C44H38N4O2. The molecule has 1 aliphatic heterocycles. The van der Waals surface area contributed by atoms with Gasteiger partial charge < -0.3 is 19.3 Å². The molecule has 1 aliphatic rings. The van der Waals surface area contributed by atoms with Crippen LogP contribution in [0.5, 0.6) is 5.75 Å². The number of para-hydroxylation sites is 6. The first kappa shape index (κ1) is 30.1. The molecule has 0 radical (unpaired) electrons. The second-order valence-corrected chi connectivity index (χ2v) is 13.8. The van der Waals surface area contributed by atoms with Gasteiger partial charge in [-0.2, -0.15) is 0 Å². The minimum absolute atomic E-state index is 0.181. The smallest absolute Gasteiger partial charge is 0.162 e. The highest BCUT2D eigenvalue weighted by Gasteiger charge is 2.32. The first-order valence-corrected chi connectivity index (χ1v) is 17.4. The Balaban J connectivity index is 1.20. The predicted molar refractivity (Wildman–Crippen MR) is 206 cm³/mol. The van der Waals surface area contributed by atoms with Crippen LogP contribution in [0.25, 0.3) is 50.0 Å². The van der Waals surface area contributed by atoms with Crippen LogP contribution >= 0.6 is 0 Å². The molecule has 0 unspecified atom stereocenters. The zero-order valence-electron chi connectivity index (χ0n) is 28.6. The first-order chi connectivity index (χ1) is 24.4. The third-order valence-corrected chi connectivity index (χ3v) is 10.1. The summed E-state index contributed by atoms with van der Waals surface area (Å²) in [6.45, 7) is 9.56. The van der Waals surface area contributed by atoms with Crippen LogP contribution in [0.4, 0.5) is 22.7 Å². The van der Waals surface area contributed by atoms with Crippen LogP contribution in [0.3, 0.4) is 0 Å². The molecule has 6 nitrogen and oxygen atoms in total. The van der Waals surface area contributed by atoms with Crippen molar-refractivity contribution in [3.05, 3.63) is 139 Å². The molecule has 246 valence electrons. The summed E-state index contributed by atoms with van der Waals surface area (Å²) in [5.74, 6) is 1.77. The average Bonchev–Trinajstić information content (AvgIpc) is 3.83. The van der Waals surface area contributed by atoms with Crippen LogP contribution in [0.2, 0.25) is 0 Å². The Morgan fingerprint density at radius 1 is 0.640 bits per heavy atom. The second kappa shape index (κ2) is 11.6. The van der Waals surface area contributed by atoms with Gasteiger partial charge in [-0.25, -0.2) is 4.98 Å². The number of phenolic OH excluding ortho intramolecular Hbond substituents is 1. The number of nitrogens with zero attached hydrogens (tertiary/aromatic N) is 4. The minimum atomic E-state index is 0.181. The lowest BCUT2D eigenvalue weighted by Gasteiger charge is -2.24. The molecule has 6 aromatic carbocycles. The fourth-order valence-electron chi connectivity index (χ4n) is 7.68. The molecule has 0 bridgehead atoms. The molecule has 1 N–H and O–H groups in total. The number of phenols is 1. The van der Waals surface area contributed by atoms with Crippen molar-refractivity contribution in [2.45, 2.75) is 39.5 Å². The molecule has 0 atom stereocenters. The summed E-state index contributed by atoms with van der Waals surface area (Å²) in [7, 11) is 0. The maximum atomic E-state index is 11.4. The normalized spacial score (nSPS) is 13.1. The van der Waals surface area contributed by atoms with Crippen molar-refractivity contribution in [1.82, 2.24) is 9.55 Å². The van der Waals surface area contributed by atoms with E-state index in [0.29, 0.717) is 29.8 Å². The zero-order chi connectivity index (χ0) is 34.1. The topological polar surface area (TPSA) is 57.7 Å². The van der Waals surface area contributed by atoms with E-state index >= 15 is 0 Å². The van der Waals surface area contributed by atoms with Crippen molar-refractivity contribution < 1.29 is 9.52 Å². The number of aromatic nitrogens is 2. The van der Waals surface area contributed by atoms with Crippen LogP contribution in [0.15, 0.2) is 132 Å². The number of anilines is 4. The molecule has 0 saturated carbocycles. The van der Waals surface area contributed by atoms with E-state index in [2.05, 4.69) is 133 Å². The zero-order valence-corrected chi connectivity index (χ0v) is 28.6. The van der Waals surface area contributed by atoms with Crippen LogP contribution < -0.4 is 9.80 Å². The maximum absolute atomic E-state index is 11.4. The molecule has 50 heavy (non-hydrogen) atoms. The standard InChI is InChI=1S/C44H38N4O2/c1-27(2)31-16-12-17-32(28(3)4)41(31)48-36-19-7-6-18-35(36)45-44(48)29-13-11-14-30(25-29)46-26-47(38-21-9-8-20-37(38)46)42-39(49)24-23-34-33-15-5-10-22-40(33)50-43(34)42/h5-25,27-28,49H,26H2,1-4H3. The Labute approximate surface area is 291 Å². The van der Waals surface area contributed by atoms with Crippen LogP contribution in [0, 0.1) is 0 Å². The fourth-order valence-corrected chi connectivity index (χ4v) is 7.68. The summed E-state index contributed by atoms with van der Waals surface area (Å²) in [4.78, 5) is 9.75. The van der Waals surface area contributed by atoms with Gasteiger partial charge in [-0.05, 0) is 77.6 Å². The molecule has 0 spiro atoms. The Hall–Kier alpha value is -6.01. The number of hydrogen-bond donors (Lipinski definition) is 1. The predicted octanol–water partition coefficient (Wildman–Crippen LogP) is 11.8. The van der Waals surface area contributed by atoms with E-state index in [1.165, 1.54) is 16.8 Å². The first-order valence-electron chi connectivity index (χ1n) is 17.4. The molecular weight excluding hydrogens is 617 g/mol. The Morgan fingerprint density at radius 3 is 2.10 bits per heavy atom. The number of rotatable bonds is 6. The largest absolute Gasteiger partial charge is 0.506 e. The Bertz CT molecular complexity index is 2550. The number of fused-ring (bicyclic) bond motifs is 5. The summed E-state index contributed by atoms with van der Waals surface area (Å²) >= 11 is 0. The van der Waals surface area contributed by atoms with Gasteiger partial charge in [0, 0.05) is 22.0 Å². The Kier molecular flexibility index (Phi) is 6.95. The molecule has 2 aromatic heterocycles. The van der Waals surface area contributed by atoms with E-state index in [0.717, 1.165) is 55.8 Å². The molecule has 9 rings (SSSR count). The lowest BCUT2D eigenvalue weighted by molar-refractivity contribution is 0.475. The number of benzene rings is 6. The van der Waals surface area contributed by atoms with Crippen LogP contribution in [-0.2, 0) is 0 Å². The molecule has 0 aliphatic carbocycles. The van der Waals surface area contributed by atoms with Gasteiger partial charge in [0.05, 0.1) is 28.1 Å². The van der Waals surface area contributed by atoms with Gasteiger partial charge in [-0.1, -0.05) is 100 Å². The highest BCUT2D eigenvalue weighted by atomic mass is 16.3. The van der Waals surface area contributed by atoms with Gasteiger partial charge in [-0.15, -0.1) is 0 Å². The highest BCUT2D eigenvalue weighted by Crippen LogP contribution is 2.50. The summed E-state index contributed by atoms with van der Waals surface area (Å²) in [6.07, 6.45) is 0. The molecule has 0 saturated heterocycles. The molecule has 0 amide bonds. The van der Waals surface area contributed by atoms with Crippen LogP contribution in [-0.4, -0.2) is 21.3 Å². The van der Waals surface area contributed by atoms with Gasteiger partial charge in [0.15, 0.2) is 5.58 Å². The third-order valence-electron chi connectivity index (χ3n) is 10.1. The van der Waals surface area contributed by atoms with Crippen LogP contribution in [0.1, 0.15) is 50.7 Å². The van der Waals surface area contributed by atoms with Gasteiger partial charge in [0.2, 0.25) is 0 Å². The van der Waals surface area contributed by atoms with E-state index in [4.69, 9.17) is 9.40 Å². The second-order valence-electron chi connectivity index (χ2n) is 13.8. The highest BCUT2D eigenvalue weighted by molar-refractivity contribution is 6.11. The summed E-state index contributed by atoms with van der Waals surface area (Å²) in [5, 5.41) is 13.4. The summed E-state index contributed by atoms with van der Waals surface area (Å²) < 4.78 is 8.79. The monoisotopic (exact) mass is 654 g/mol. The number of aromatic hydroxyl groups is 1. The van der Waals surface area contributed by atoms with E-state index in [9.17, 15) is 5.11 Å². The quantitative estimate of drug-likeness (QED) is 0.193. The van der Waals surface area contributed by atoms with E-state index in [-0.39, 0.29) is 5.75 Å². The molecule has 0 fully saturated rings. The Morgan fingerprint density at radius 2 is 1.32 bits per heavy atom.